The molecule has 0 saturated heterocycles. The number of likely N-dealkylation sites (N-methyl/N-ethyl adjacent to an activating group) is 1. The van der Waals surface area contributed by atoms with Gasteiger partial charge in [-0.3, -0.25) is 4.90 Å². The first-order valence-corrected chi connectivity index (χ1v) is 12.1. The number of fused-ring (bicyclic) bond motifs is 2. The highest BCUT2D eigenvalue weighted by molar-refractivity contribution is 5.58. The average molecular weight is 465 g/mol. The van der Waals surface area contributed by atoms with Crippen LogP contribution in [0.2, 0.25) is 0 Å². The van der Waals surface area contributed by atoms with E-state index in [9.17, 15) is 0 Å². The van der Waals surface area contributed by atoms with Crippen molar-refractivity contribution in [3.05, 3.63) is 101 Å². The fourth-order valence-electron chi connectivity index (χ4n) is 4.76. The van der Waals surface area contributed by atoms with Gasteiger partial charge in [0.05, 0.1) is 6.26 Å². The third-order valence-corrected chi connectivity index (χ3v) is 6.69. The molecule has 0 spiro atoms. The van der Waals surface area contributed by atoms with E-state index in [0.717, 1.165) is 56.2 Å². The van der Waals surface area contributed by atoms with Crippen LogP contribution in [-0.4, -0.2) is 44.6 Å². The van der Waals surface area contributed by atoms with E-state index in [1.54, 1.807) is 6.26 Å². The van der Waals surface area contributed by atoms with Gasteiger partial charge >= 0.3 is 0 Å². The summed E-state index contributed by atoms with van der Waals surface area (Å²) in [5, 5.41) is 4.81. The van der Waals surface area contributed by atoms with E-state index in [2.05, 4.69) is 65.4 Å². The zero-order valence-corrected chi connectivity index (χ0v) is 19.8. The summed E-state index contributed by atoms with van der Waals surface area (Å²) in [6, 6.07) is 23.0. The molecule has 1 aliphatic rings. The molecular formula is C28H28N6O. The number of aromatic nitrogens is 4. The lowest BCUT2D eigenvalue weighted by Crippen LogP contribution is -2.30. The monoisotopic (exact) mass is 464 g/mol. The van der Waals surface area contributed by atoms with E-state index in [4.69, 9.17) is 19.5 Å². The Labute approximate surface area is 204 Å². The highest BCUT2D eigenvalue weighted by Gasteiger charge is 2.21. The standard InChI is InChI=1S/C28H28N6O/c1-32(15-13-21-8-3-2-4-9-21)28-29-18-24(20-33-16-14-22-10-5-6-11-23(22)19-33)27-30-26(31-34(27)28)25-12-7-17-35-25/h2-12,17-18H,13-16,19-20H2,1H3. The molecule has 4 heterocycles. The molecule has 7 nitrogen and oxygen atoms in total. The molecule has 0 bridgehead atoms. The van der Waals surface area contributed by atoms with E-state index < -0.39 is 0 Å². The molecule has 35 heavy (non-hydrogen) atoms. The molecule has 1 aliphatic heterocycles. The summed E-state index contributed by atoms with van der Waals surface area (Å²) >= 11 is 0. The van der Waals surface area contributed by atoms with Gasteiger partial charge in [0, 0.05) is 45.0 Å². The quantitative estimate of drug-likeness (QED) is 0.350. The van der Waals surface area contributed by atoms with Gasteiger partial charge in [-0.1, -0.05) is 54.6 Å². The van der Waals surface area contributed by atoms with Gasteiger partial charge in [-0.25, -0.2) is 9.97 Å². The molecule has 0 N–H and O–H groups in total. The van der Waals surface area contributed by atoms with Crippen LogP contribution in [0.15, 0.2) is 83.6 Å². The summed E-state index contributed by atoms with van der Waals surface area (Å²) in [4.78, 5) is 14.3. The van der Waals surface area contributed by atoms with Gasteiger partial charge in [0.2, 0.25) is 11.8 Å². The fraction of sp³-hybridized carbons (Fsp3) is 0.250. The normalized spacial score (nSPS) is 13.7. The van der Waals surface area contributed by atoms with Crippen molar-refractivity contribution in [2.24, 2.45) is 0 Å². The Balaban J connectivity index is 1.31. The summed E-state index contributed by atoms with van der Waals surface area (Å²) in [6.07, 6.45) is 5.60. The molecule has 0 radical (unpaired) electrons. The zero-order chi connectivity index (χ0) is 23.6. The van der Waals surface area contributed by atoms with Crippen molar-refractivity contribution in [1.82, 2.24) is 24.5 Å². The van der Waals surface area contributed by atoms with Gasteiger partial charge in [-0.2, -0.15) is 4.52 Å². The second-order valence-electron chi connectivity index (χ2n) is 9.12. The number of nitrogens with zero attached hydrogens (tertiary/aromatic N) is 6. The highest BCUT2D eigenvalue weighted by Crippen LogP contribution is 2.25. The number of hydrogen-bond donors (Lipinski definition) is 0. The average Bonchev–Trinajstić information content (AvgIpc) is 3.59. The molecule has 5 aromatic rings. The third-order valence-electron chi connectivity index (χ3n) is 6.69. The molecule has 7 heteroatoms. The van der Waals surface area contributed by atoms with Crippen LogP contribution in [0, 0.1) is 0 Å². The first-order valence-electron chi connectivity index (χ1n) is 12.1. The van der Waals surface area contributed by atoms with Crippen molar-refractivity contribution in [2.75, 3.05) is 25.0 Å². The van der Waals surface area contributed by atoms with E-state index >= 15 is 0 Å². The molecule has 0 unspecified atom stereocenters. The highest BCUT2D eigenvalue weighted by atomic mass is 16.3. The largest absolute Gasteiger partial charge is 0.461 e. The van der Waals surface area contributed by atoms with Crippen LogP contribution >= 0.6 is 0 Å². The van der Waals surface area contributed by atoms with Crippen molar-refractivity contribution in [3.63, 3.8) is 0 Å². The Morgan fingerprint density at radius 2 is 1.80 bits per heavy atom. The summed E-state index contributed by atoms with van der Waals surface area (Å²) in [5.41, 5.74) is 6.04. The predicted molar refractivity (Wildman–Crippen MR) is 136 cm³/mol. The van der Waals surface area contributed by atoms with Crippen LogP contribution in [0.5, 0.6) is 0 Å². The van der Waals surface area contributed by atoms with Crippen LogP contribution < -0.4 is 4.90 Å². The Bertz CT molecular complexity index is 1430. The van der Waals surface area contributed by atoms with E-state index in [1.165, 1.54) is 16.7 Å². The number of hydrogen-bond acceptors (Lipinski definition) is 6. The maximum absolute atomic E-state index is 5.60. The lowest BCUT2D eigenvalue weighted by molar-refractivity contribution is 0.246. The maximum Gasteiger partial charge on any atom is 0.228 e. The Kier molecular flexibility index (Phi) is 5.76. The summed E-state index contributed by atoms with van der Waals surface area (Å²) in [6.45, 7) is 3.54. The molecule has 0 fully saturated rings. The van der Waals surface area contributed by atoms with Crippen molar-refractivity contribution < 1.29 is 4.42 Å². The minimum atomic E-state index is 0.575. The molecule has 176 valence electrons. The van der Waals surface area contributed by atoms with Gasteiger partial charge < -0.3 is 9.32 Å². The Hall–Kier alpha value is -3.97. The summed E-state index contributed by atoms with van der Waals surface area (Å²) < 4.78 is 7.47. The van der Waals surface area contributed by atoms with Gasteiger partial charge in [0.1, 0.15) is 0 Å². The smallest absolute Gasteiger partial charge is 0.228 e. The lowest BCUT2D eigenvalue weighted by Gasteiger charge is -2.28. The van der Waals surface area contributed by atoms with Gasteiger partial charge in [0.25, 0.3) is 0 Å². The van der Waals surface area contributed by atoms with Crippen molar-refractivity contribution in [2.45, 2.75) is 25.9 Å². The molecule has 0 amide bonds. The number of furan rings is 1. The lowest BCUT2D eigenvalue weighted by atomic mass is 10.00. The maximum atomic E-state index is 5.60. The van der Waals surface area contributed by atoms with Crippen molar-refractivity contribution >= 4 is 11.6 Å². The SMILES string of the molecule is CN(CCc1ccccc1)c1ncc(CN2CCc3ccccc3C2)c2nc(-c3ccco3)nn12. The molecule has 6 rings (SSSR count). The molecule has 0 saturated carbocycles. The number of anilines is 1. The molecule has 3 aromatic heterocycles. The molecule has 0 aliphatic carbocycles. The zero-order valence-electron chi connectivity index (χ0n) is 19.8. The molecule has 2 aromatic carbocycles. The molecular weight excluding hydrogens is 436 g/mol. The van der Waals surface area contributed by atoms with Crippen molar-refractivity contribution in [3.8, 4) is 11.6 Å². The van der Waals surface area contributed by atoms with Crippen LogP contribution in [0.4, 0.5) is 5.95 Å². The topological polar surface area (TPSA) is 62.7 Å². The number of rotatable bonds is 7. The van der Waals surface area contributed by atoms with Gasteiger partial charge in [-0.05, 0) is 41.7 Å². The fourth-order valence-corrected chi connectivity index (χ4v) is 4.76. The van der Waals surface area contributed by atoms with Gasteiger partial charge in [-0.15, -0.1) is 5.10 Å². The third kappa shape index (κ3) is 4.42. The summed E-state index contributed by atoms with van der Waals surface area (Å²) in [7, 11) is 2.06. The minimum Gasteiger partial charge on any atom is -0.461 e. The first kappa shape index (κ1) is 21.6. The van der Waals surface area contributed by atoms with E-state index in [-0.39, 0.29) is 0 Å². The Morgan fingerprint density at radius 3 is 2.63 bits per heavy atom. The minimum absolute atomic E-state index is 0.575. The summed E-state index contributed by atoms with van der Waals surface area (Å²) in [5.74, 6) is 2.00. The van der Waals surface area contributed by atoms with E-state index in [0.29, 0.717) is 11.6 Å². The van der Waals surface area contributed by atoms with E-state index in [1.807, 2.05) is 28.9 Å². The second kappa shape index (κ2) is 9.35. The van der Waals surface area contributed by atoms with Crippen LogP contribution in [-0.2, 0) is 25.9 Å². The molecule has 0 atom stereocenters. The number of benzene rings is 2. The Morgan fingerprint density at radius 1 is 0.971 bits per heavy atom. The predicted octanol–water partition coefficient (Wildman–Crippen LogP) is 4.62. The van der Waals surface area contributed by atoms with Crippen LogP contribution in [0.1, 0.15) is 22.3 Å². The van der Waals surface area contributed by atoms with Crippen LogP contribution in [0.25, 0.3) is 17.2 Å². The first-order chi connectivity index (χ1) is 17.2. The van der Waals surface area contributed by atoms with Gasteiger partial charge in [0.15, 0.2) is 11.4 Å². The van der Waals surface area contributed by atoms with Crippen molar-refractivity contribution in [1.29, 1.82) is 0 Å². The second-order valence-corrected chi connectivity index (χ2v) is 9.12. The van der Waals surface area contributed by atoms with Crippen LogP contribution in [0.3, 0.4) is 0 Å².